The number of morpholine rings is 1. The van der Waals surface area contributed by atoms with Crippen LogP contribution in [0.2, 0.25) is 0 Å². The van der Waals surface area contributed by atoms with Gasteiger partial charge in [-0.3, -0.25) is 0 Å². The standard InChI is InChI=1S/C14H20N2O4/c1-3-8-19-11-5-4-6-15-13(11)16-7-9-20-12(10-16)14(17)18-2/h4-6,12H,3,7-10H2,1-2H3. The molecule has 1 aliphatic heterocycles. The van der Waals surface area contributed by atoms with Gasteiger partial charge in [0.2, 0.25) is 0 Å². The van der Waals surface area contributed by atoms with E-state index < -0.39 is 6.10 Å². The summed E-state index contributed by atoms with van der Waals surface area (Å²) in [6.07, 6.45) is 2.08. The summed E-state index contributed by atoms with van der Waals surface area (Å²) in [6.45, 7) is 4.25. The Labute approximate surface area is 118 Å². The van der Waals surface area contributed by atoms with E-state index in [-0.39, 0.29) is 5.97 Å². The lowest BCUT2D eigenvalue weighted by Crippen LogP contribution is -2.47. The van der Waals surface area contributed by atoms with Crippen LogP contribution in [0.25, 0.3) is 0 Å². The van der Waals surface area contributed by atoms with Gasteiger partial charge in [0.25, 0.3) is 0 Å². The Hall–Kier alpha value is -1.82. The Kier molecular flexibility index (Phi) is 5.17. The predicted molar refractivity (Wildman–Crippen MR) is 74.0 cm³/mol. The van der Waals surface area contributed by atoms with Crippen molar-refractivity contribution in [1.82, 2.24) is 4.98 Å². The SMILES string of the molecule is CCCOc1cccnc1N1CCOC(C(=O)OC)C1. The minimum Gasteiger partial charge on any atom is -0.490 e. The van der Waals surface area contributed by atoms with Crippen LogP contribution in [0.4, 0.5) is 5.82 Å². The number of anilines is 1. The van der Waals surface area contributed by atoms with Crippen molar-refractivity contribution in [2.24, 2.45) is 0 Å². The third-order valence-corrected chi connectivity index (χ3v) is 3.04. The van der Waals surface area contributed by atoms with Gasteiger partial charge in [-0.15, -0.1) is 0 Å². The van der Waals surface area contributed by atoms with Crippen LogP contribution in [0.15, 0.2) is 18.3 Å². The quantitative estimate of drug-likeness (QED) is 0.756. The smallest absolute Gasteiger partial charge is 0.336 e. The van der Waals surface area contributed by atoms with Crippen molar-refractivity contribution in [3.05, 3.63) is 18.3 Å². The van der Waals surface area contributed by atoms with Gasteiger partial charge in [0.1, 0.15) is 0 Å². The number of pyridine rings is 1. The first-order chi connectivity index (χ1) is 9.76. The molecule has 6 heteroatoms. The van der Waals surface area contributed by atoms with Crippen LogP contribution in [0.1, 0.15) is 13.3 Å². The molecule has 0 radical (unpaired) electrons. The van der Waals surface area contributed by atoms with Crippen LogP contribution in [0.5, 0.6) is 5.75 Å². The van der Waals surface area contributed by atoms with Crippen molar-refractivity contribution in [3.8, 4) is 5.75 Å². The summed E-state index contributed by atoms with van der Waals surface area (Å²) in [5.41, 5.74) is 0. The molecular weight excluding hydrogens is 260 g/mol. The van der Waals surface area contributed by atoms with Gasteiger partial charge in [-0.1, -0.05) is 6.92 Å². The van der Waals surface area contributed by atoms with E-state index in [1.165, 1.54) is 7.11 Å². The zero-order valence-electron chi connectivity index (χ0n) is 11.9. The molecule has 110 valence electrons. The molecule has 1 fully saturated rings. The molecule has 1 aliphatic rings. The third kappa shape index (κ3) is 3.39. The number of ether oxygens (including phenoxy) is 3. The predicted octanol–water partition coefficient (Wildman–Crippen LogP) is 1.25. The molecule has 2 heterocycles. The Morgan fingerprint density at radius 2 is 2.45 bits per heavy atom. The molecule has 1 unspecified atom stereocenters. The van der Waals surface area contributed by atoms with Crippen molar-refractivity contribution in [1.29, 1.82) is 0 Å². The summed E-state index contributed by atoms with van der Waals surface area (Å²) in [4.78, 5) is 17.9. The van der Waals surface area contributed by atoms with Crippen LogP contribution in [0.3, 0.4) is 0 Å². The Morgan fingerprint density at radius 1 is 1.60 bits per heavy atom. The third-order valence-electron chi connectivity index (χ3n) is 3.04. The second-order valence-electron chi connectivity index (χ2n) is 4.50. The minimum atomic E-state index is -0.574. The van der Waals surface area contributed by atoms with Gasteiger partial charge in [0.15, 0.2) is 17.7 Å². The lowest BCUT2D eigenvalue weighted by molar-refractivity contribution is -0.154. The molecule has 20 heavy (non-hydrogen) atoms. The summed E-state index contributed by atoms with van der Waals surface area (Å²) in [7, 11) is 1.36. The fraction of sp³-hybridized carbons (Fsp3) is 0.571. The summed E-state index contributed by atoms with van der Waals surface area (Å²) >= 11 is 0. The van der Waals surface area contributed by atoms with Gasteiger partial charge in [0.05, 0.1) is 26.9 Å². The van der Waals surface area contributed by atoms with Crippen molar-refractivity contribution in [2.75, 3.05) is 38.3 Å². The number of nitrogens with zero attached hydrogens (tertiary/aromatic N) is 2. The minimum absolute atomic E-state index is 0.360. The molecular formula is C14H20N2O4. The van der Waals surface area contributed by atoms with Crippen LogP contribution in [0, 0.1) is 0 Å². The maximum Gasteiger partial charge on any atom is 0.336 e. The van der Waals surface area contributed by atoms with Gasteiger partial charge >= 0.3 is 5.97 Å². The highest BCUT2D eigenvalue weighted by Crippen LogP contribution is 2.27. The summed E-state index contributed by atoms with van der Waals surface area (Å²) < 4.78 is 15.8. The Morgan fingerprint density at radius 3 is 3.20 bits per heavy atom. The summed E-state index contributed by atoms with van der Waals surface area (Å²) in [5.74, 6) is 1.12. The van der Waals surface area contributed by atoms with E-state index in [0.29, 0.717) is 26.3 Å². The molecule has 1 saturated heterocycles. The first kappa shape index (κ1) is 14.6. The number of methoxy groups -OCH3 is 1. The maximum absolute atomic E-state index is 11.6. The van der Waals surface area contributed by atoms with Crippen LogP contribution < -0.4 is 9.64 Å². The fourth-order valence-corrected chi connectivity index (χ4v) is 2.06. The number of esters is 1. The fourth-order valence-electron chi connectivity index (χ4n) is 2.06. The van der Waals surface area contributed by atoms with Crippen molar-refractivity contribution in [3.63, 3.8) is 0 Å². The van der Waals surface area contributed by atoms with Gasteiger partial charge < -0.3 is 19.1 Å². The van der Waals surface area contributed by atoms with Crippen LogP contribution in [-0.4, -0.2) is 50.5 Å². The highest BCUT2D eigenvalue weighted by Gasteiger charge is 2.29. The van der Waals surface area contributed by atoms with E-state index in [0.717, 1.165) is 18.0 Å². The van der Waals surface area contributed by atoms with E-state index in [2.05, 4.69) is 11.9 Å². The topological polar surface area (TPSA) is 60.9 Å². The van der Waals surface area contributed by atoms with Crippen molar-refractivity contribution in [2.45, 2.75) is 19.4 Å². The van der Waals surface area contributed by atoms with E-state index in [9.17, 15) is 4.79 Å². The highest BCUT2D eigenvalue weighted by atomic mass is 16.6. The number of carbonyl (C=O) groups is 1. The van der Waals surface area contributed by atoms with Gasteiger partial charge in [0, 0.05) is 12.7 Å². The second-order valence-corrected chi connectivity index (χ2v) is 4.50. The molecule has 0 saturated carbocycles. The summed E-state index contributed by atoms with van der Waals surface area (Å²) in [6, 6.07) is 3.73. The lowest BCUT2D eigenvalue weighted by atomic mass is 10.2. The second kappa shape index (κ2) is 7.09. The van der Waals surface area contributed by atoms with E-state index in [1.807, 2.05) is 17.0 Å². The van der Waals surface area contributed by atoms with Crippen LogP contribution in [-0.2, 0) is 14.3 Å². The molecule has 0 amide bonds. The lowest BCUT2D eigenvalue weighted by Gasteiger charge is -2.33. The highest BCUT2D eigenvalue weighted by molar-refractivity contribution is 5.75. The number of hydrogen-bond donors (Lipinski definition) is 0. The van der Waals surface area contributed by atoms with Gasteiger partial charge in [-0.2, -0.15) is 0 Å². The normalized spacial score (nSPS) is 18.7. The molecule has 2 rings (SSSR count). The molecule has 1 aromatic heterocycles. The van der Waals surface area contributed by atoms with Gasteiger partial charge in [-0.25, -0.2) is 9.78 Å². The molecule has 0 spiro atoms. The van der Waals surface area contributed by atoms with Crippen LogP contribution >= 0.6 is 0 Å². The molecule has 1 atom stereocenters. The van der Waals surface area contributed by atoms with E-state index in [4.69, 9.17) is 14.2 Å². The number of aromatic nitrogens is 1. The zero-order chi connectivity index (χ0) is 14.4. The Bertz CT molecular complexity index is 453. The number of rotatable bonds is 5. The molecule has 0 aliphatic carbocycles. The number of carbonyl (C=O) groups excluding carboxylic acids is 1. The molecule has 6 nitrogen and oxygen atoms in total. The molecule has 1 aromatic rings. The Balaban J connectivity index is 2.12. The zero-order valence-corrected chi connectivity index (χ0v) is 11.9. The molecule has 0 bridgehead atoms. The maximum atomic E-state index is 11.6. The molecule has 0 N–H and O–H groups in total. The first-order valence-electron chi connectivity index (χ1n) is 6.78. The van der Waals surface area contributed by atoms with Crippen molar-refractivity contribution < 1.29 is 19.0 Å². The van der Waals surface area contributed by atoms with E-state index >= 15 is 0 Å². The van der Waals surface area contributed by atoms with Gasteiger partial charge in [-0.05, 0) is 18.6 Å². The first-order valence-corrected chi connectivity index (χ1v) is 6.78. The summed E-state index contributed by atoms with van der Waals surface area (Å²) in [5, 5.41) is 0. The number of hydrogen-bond acceptors (Lipinski definition) is 6. The average molecular weight is 280 g/mol. The average Bonchev–Trinajstić information content (AvgIpc) is 2.52. The van der Waals surface area contributed by atoms with Crippen molar-refractivity contribution >= 4 is 11.8 Å². The molecule has 0 aromatic carbocycles. The monoisotopic (exact) mass is 280 g/mol. The van der Waals surface area contributed by atoms with E-state index in [1.54, 1.807) is 6.20 Å². The largest absolute Gasteiger partial charge is 0.490 e.